The molecule has 0 saturated heterocycles. The molecule has 0 aliphatic heterocycles. The van der Waals surface area contributed by atoms with Crippen molar-refractivity contribution < 1.29 is 4.84 Å². The van der Waals surface area contributed by atoms with Gasteiger partial charge >= 0.3 is 0 Å². The quantitative estimate of drug-likeness (QED) is 0.689. The van der Waals surface area contributed by atoms with Crippen LogP contribution in [0.4, 0.5) is 0 Å². The zero-order valence-corrected chi connectivity index (χ0v) is 7.87. The van der Waals surface area contributed by atoms with Crippen molar-refractivity contribution in [2.45, 2.75) is 19.3 Å². The van der Waals surface area contributed by atoms with E-state index in [1.807, 2.05) is 19.3 Å². The van der Waals surface area contributed by atoms with Gasteiger partial charge in [0.1, 0.15) is 0 Å². The number of nitrogens with zero attached hydrogens (tertiary/aromatic N) is 1. The lowest BCUT2D eigenvalue weighted by Crippen LogP contribution is -2.28. The molecule has 12 heavy (non-hydrogen) atoms. The van der Waals surface area contributed by atoms with Crippen LogP contribution >= 0.6 is 0 Å². The number of rotatable bonds is 3. The molecule has 0 unspecified atom stereocenters. The Hall–Kier alpha value is -0.800. The van der Waals surface area contributed by atoms with E-state index in [9.17, 15) is 0 Å². The molecule has 2 N–H and O–H groups in total. The molecule has 1 heterocycles. The molecule has 0 saturated carbocycles. The van der Waals surface area contributed by atoms with Crippen LogP contribution in [0.5, 0.6) is 0 Å². The van der Waals surface area contributed by atoms with Crippen LogP contribution in [0.25, 0.3) is 0 Å². The minimum atomic E-state index is -0.0208. The molecule has 0 radical (unpaired) electrons. The number of aromatic nitrogens is 1. The first-order chi connectivity index (χ1) is 5.58. The Morgan fingerprint density at radius 3 is 2.67 bits per heavy atom. The van der Waals surface area contributed by atoms with E-state index in [0.29, 0.717) is 6.61 Å². The summed E-state index contributed by atoms with van der Waals surface area (Å²) in [5.74, 6) is 5.06. The van der Waals surface area contributed by atoms with Gasteiger partial charge in [-0.3, -0.25) is 0 Å². The Kier molecular flexibility index (Phi) is 2.55. The summed E-state index contributed by atoms with van der Waals surface area (Å²) in [6, 6.07) is 4.10. The topological polar surface area (TPSA) is 40.2 Å². The maximum absolute atomic E-state index is 5.06. The predicted molar refractivity (Wildman–Crippen MR) is 48.6 cm³/mol. The lowest BCUT2D eigenvalue weighted by atomic mass is 9.90. The van der Waals surface area contributed by atoms with Gasteiger partial charge in [0, 0.05) is 24.4 Å². The van der Waals surface area contributed by atoms with Crippen molar-refractivity contribution >= 4 is 0 Å². The summed E-state index contributed by atoms with van der Waals surface area (Å²) in [6.45, 7) is 4.75. The molecule has 0 bridgehead atoms. The van der Waals surface area contributed by atoms with Gasteiger partial charge < -0.3 is 9.40 Å². The highest BCUT2D eigenvalue weighted by Crippen LogP contribution is 2.22. The number of aryl methyl sites for hydroxylation is 1. The summed E-state index contributed by atoms with van der Waals surface area (Å²) >= 11 is 0. The minimum Gasteiger partial charge on any atom is -0.354 e. The third kappa shape index (κ3) is 1.68. The predicted octanol–water partition coefficient (Wildman–Crippen LogP) is 1.19. The maximum Gasteiger partial charge on any atom is 0.0784 e. The van der Waals surface area contributed by atoms with Crippen molar-refractivity contribution in [3.05, 3.63) is 24.0 Å². The summed E-state index contributed by atoms with van der Waals surface area (Å²) in [5.41, 5.74) is 1.21. The Balaban J connectivity index is 2.88. The van der Waals surface area contributed by atoms with E-state index < -0.39 is 0 Å². The number of nitrogens with two attached hydrogens (primary N) is 1. The van der Waals surface area contributed by atoms with E-state index in [1.54, 1.807) is 0 Å². The van der Waals surface area contributed by atoms with Crippen LogP contribution in [0.1, 0.15) is 19.5 Å². The first-order valence-electron chi connectivity index (χ1n) is 4.01. The van der Waals surface area contributed by atoms with Crippen molar-refractivity contribution in [3.63, 3.8) is 0 Å². The fraction of sp³-hybridized carbons (Fsp3) is 0.556. The number of hydrogen-bond donors (Lipinski definition) is 1. The van der Waals surface area contributed by atoms with Crippen LogP contribution in [0.2, 0.25) is 0 Å². The Morgan fingerprint density at radius 1 is 1.58 bits per heavy atom. The van der Waals surface area contributed by atoms with E-state index in [2.05, 4.69) is 29.3 Å². The highest BCUT2D eigenvalue weighted by atomic mass is 16.6. The normalized spacial score (nSPS) is 12.0. The maximum atomic E-state index is 5.06. The first kappa shape index (κ1) is 9.29. The largest absolute Gasteiger partial charge is 0.354 e. The second-order valence-corrected chi connectivity index (χ2v) is 3.70. The van der Waals surface area contributed by atoms with Gasteiger partial charge in [0.15, 0.2) is 0 Å². The molecule has 0 atom stereocenters. The van der Waals surface area contributed by atoms with Crippen molar-refractivity contribution in [3.8, 4) is 0 Å². The summed E-state index contributed by atoms with van der Waals surface area (Å²) in [5, 5.41) is 0. The molecule has 0 amide bonds. The standard InChI is InChI=1S/C9H16N2O/c1-9(2,7-12-10)8-5-4-6-11(8)3/h4-6H,7,10H2,1-3H3. The van der Waals surface area contributed by atoms with Gasteiger partial charge in [0.25, 0.3) is 0 Å². The molecule has 1 aromatic rings. The fourth-order valence-electron chi connectivity index (χ4n) is 1.45. The summed E-state index contributed by atoms with van der Waals surface area (Å²) in [4.78, 5) is 4.67. The fourth-order valence-corrected chi connectivity index (χ4v) is 1.45. The molecule has 1 rings (SSSR count). The van der Waals surface area contributed by atoms with Crippen molar-refractivity contribution in [2.75, 3.05) is 6.61 Å². The highest BCUT2D eigenvalue weighted by molar-refractivity contribution is 5.17. The minimum absolute atomic E-state index is 0.0208. The van der Waals surface area contributed by atoms with Crippen LogP contribution in [0, 0.1) is 0 Å². The van der Waals surface area contributed by atoms with Crippen molar-refractivity contribution in [2.24, 2.45) is 12.9 Å². The van der Waals surface area contributed by atoms with Gasteiger partial charge in [-0.25, -0.2) is 5.90 Å². The molecule has 68 valence electrons. The molecule has 0 aliphatic rings. The third-order valence-electron chi connectivity index (χ3n) is 2.08. The van der Waals surface area contributed by atoms with Gasteiger partial charge in [-0.05, 0) is 12.1 Å². The van der Waals surface area contributed by atoms with Crippen LogP contribution in [0.3, 0.4) is 0 Å². The average Bonchev–Trinajstić information content (AvgIpc) is 2.35. The van der Waals surface area contributed by atoms with Crippen LogP contribution in [-0.2, 0) is 17.3 Å². The molecule has 0 aromatic carbocycles. The Labute approximate surface area is 73.1 Å². The lowest BCUT2D eigenvalue weighted by Gasteiger charge is -2.23. The zero-order valence-electron chi connectivity index (χ0n) is 7.87. The van der Waals surface area contributed by atoms with Gasteiger partial charge in [0.05, 0.1) is 6.61 Å². The molecular weight excluding hydrogens is 152 g/mol. The molecule has 1 aromatic heterocycles. The first-order valence-corrected chi connectivity index (χ1v) is 4.01. The van der Waals surface area contributed by atoms with Crippen molar-refractivity contribution in [1.82, 2.24) is 4.57 Å². The van der Waals surface area contributed by atoms with Gasteiger partial charge in [0.2, 0.25) is 0 Å². The summed E-state index contributed by atoms with van der Waals surface area (Å²) in [6.07, 6.45) is 2.02. The SMILES string of the molecule is Cn1cccc1C(C)(C)CON. The monoisotopic (exact) mass is 168 g/mol. The van der Waals surface area contributed by atoms with Crippen molar-refractivity contribution in [1.29, 1.82) is 0 Å². The zero-order chi connectivity index (χ0) is 9.19. The van der Waals surface area contributed by atoms with Crippen LogP contribution in [-0.4, -0.2) is 11.2 Å². The van der Waals surface area contributed by atoms with E-state index in [1.165, 1.54) is 5.69 Å². The molecule has 3 heteroatoms. The summed E-state index contributed by atoms with van der Waals surface area (Å²) < 4.78 is 2.08. The third-order valence-corrected chi connectivity index (χ3v) is 2.08. The smallest absolute Gasteiger partial charge is 0.0784 e. The van der Waals surface area contributed by atoms with Gasteiger partial charge in [-0.15, -0.1) is 0 Å². The van der Waals surface area contributed by atoms with E-state index >= 15 is 0 Å². The van der Waals surface area contributed by atoms with Crippen LogP contribution in [0.15, 0.2) is 18.3 Å². The van der Waals surface area contributed by atoms with E-state index in [-0.39, 0.29) is 5.41 Å². The van der Waals surface area contributed by atoms with Gasteiger partial charge in [-0.2, -0.15) is 0 Å². The number of hydrogen-bond acceptors (Lipinski definition) is 2. The van der Waals surface area contributed by atoms with Crippen LogP contribution < -0.4 is 5.90 Å². The second kappa shape index (κ2) is 3.29. The molecule has 0 spiro atoms. The molecule has 0 aliphatic carbocycles. The lowest BCUT2D eigenvalue weighted by molar-refractivity contribution is 0.0939. The Morgan fingerprint density at radius 2 is 2.25 bits per heavy atom. The summed E-state index contributed by atoms with van der Waals surface area (Å²) in [7, 11) is 2.02. The van der Waals surface area contributed by atoms with E-state index in [0.717, 1.165) is 0 Å². The highest BCUT2D eigenvalue weighted by Gasteiger charge is 2.22. The van der Waals surface area contributed by atoms with Gasteiger partial charge in [-0.1, -0.05) is 13.8 Å². The molecular formula is C9H16N2O. The average molecular weight is 168 g/mol. The Bertz CT molecular complexity index is 253. The van der Waals surface area contributed by atoms with E-state index in [4.69, 9.17) is 5.90 Å². The second-order valence-electron chi connectivity index (χ2n) is 3.70. The molecule has 0 fully saturated rings. The molecule has 3 nitrogen and oxygen atoms in total.